The lowest BCUT2D eigenvalue weighted by Gasteiger charge is -2.62. The highest BCUT2D eigenvalue weighted by Gasteiger charge is 2.72. The normalized spacial score (nSPS) is 52.7. The van der Waals surface area contributed by atoms with Crippen molar-refractivity contribution in [1.29, 1.82) is 0 Å². The quantitative estimate of drug-likeness (QED) is 0.482. The van der Waals surface area contributed by atoms with Crippen molar-refractivity contribution in [1.82, 2.24) is 0 Å². The van der Waals surface area contributed by atoms with Crippen LogP contribution in [0.1, 0.15) is 113 Å². The van der Waals surface area contributed by atoms with Gasteiger partial charge in [0.1, 0.15) is 11.2 Å². The van der Waals surface area contributed by atoms with E-state index < -0.39 is 28.7 Å². The minimum absolute atomic E-state index is 0.0130. The summed E-state index contributed by atoms with van der Waals surface area (Å²) in [5.74, 6) is -0.177. The molecule has 200 valence electrons. The Balaban J connectivity index is 1.45. The van der Waals surface area contributed by atoms with E-state index in [0.29, 0.717) is 24.7 Å². The first-order valence-corrected chi connectivity index (χ1v) is 14.3. The van der Waals surface area contributed by atoms with Gasteiger partial charge in [-0.1, -0.05) is 33.8 Å². The van der Waals surface area contributed by atoms with Crippen LogP contribution in [0.4, 0.5) is 0 Å². The maximum Gasteiger partial charge on any atom is 0.195 e. The Labute approximate surface area is 213 Å². The molecule has 0 aromatic rings. The molecule has 35 heavy (non-hydrogen) atoms. The van der Waals surface area contributed by atoms with Crippen LogP contribution in [0.2, 0.25) is 0 Å². The lowest BCUT2D eigenvalue weighted by atomic mass is 9.52. The minimum atomic E-state index is -1.21. The average Bonchev–Trinajstić information content (AvgIpc) is 3.06. The second-order valence-corrected chi connectivity index (χ2v) is 14.3. The Morgan fingerprint density at radius 1 is 0.886 bits per heavy atom. The molecule has 3 heterocycles. The van der Waals surface area contributed by atoms with Crippen molar-refractivity contribution in [3.63, 3.8) is 0 Å². The van der Waals surface area contributed by atoms with Gasteiger partial charge < -0.3 is 24.4 Å². The summed E-state index contributed by atoms with van der Waals surface area (Å²) in [5, 5.41) is 22.2. The van der Waals surface area contributed by atoms with Crippen LogP contribution < -0.4 is 0 Å². The first-order chi connectivity index (χ1) is 16.1. The largest absolute Gasteiger partial charge is 0.390 e. The van der Waals surface area contributed by atoms with Crippen LogP contribution in [0.25, 0.3) is 0 Å². The topological polar surface area (TPSA) is 68.2 Å². The van der Waals surface area contributed by atoms with Crippen molar-refractivity contribution in [3.05, 3.63) is 11.6 Å². The van der Waals surface area contributed by atoms with Crippen LogP contribution in [-0.2, 0) is 14.2 Å². The summed E-state index contributed by atoms with van der Waals surface area (Å²) in [4.78, 5) is 0. The highest BCUT2D eigenvalue weighted by molar-refractivity contribution is 5.26. The van der Waals surface area contributed by atoms with Gasteiger partial charge in [-0.25, -0.2) is 0 Å². The van der Waals surface area contributed by atoms with E-state index in [0.717, 1.165) is 44.9 Å². The van der Waals surface area contributed by atoms with Crippen molar-refractivity contribution >= 4 is 0 Å². The monoisotopic (exact) mass is 490 g/mol. The molecule has 3 aliphatic heterocycles. The third kappa shape index (κ3) is 3.58. The second kappa shape index (κ2) is 8.02. The molecule has 2 N–H and O–H groups in total. The zero-order valence-corrected chi connectivity index (χ0v) is 23.4. The zero-order chi connectivity index (χ0) is 25.7. The summed E-state index contributed by atoms with van der Waals surface area (Å²) in [7, 11) is 0. The summed E-state index contributed by atoms with van der Waals surface area (Å²) in [6.45, 7) is 17.6. The summed E-state index contributed by atoms with van der Waals surface area (Å²) < 4.78 is 20.0. The van der Waals surface area contributed by atoms with Crippen LogP contribution in [0.3, 0.4) is 0 Å². The standard InChI is InChI=1S/C30H50O5/c1-19-9-12-22-21(11-13-23(31)25(3,4)33-22)27(19,7)15-16-28(8)20(2)10-14-24-29(28)17-18-30(32,35-29)26(5,6)34-24/h11,19-20,22-24,31-32H,9-10,12-18H2,1-8H3/t19-,20-,22-,23-,24-,27-,28+,29-,30-/m0/s1. The van der Waals surface area contributed by atoms with Crippen molar-refractivity contribution in [2.45, 2.75) is 154 Å². The van der Waals surface area contributed by atoms with Gasteiger partial charge in [-0.15, -0.1) is 0 Å². The molecule has 2 saturated carbocycles. The molecule has 1 spiro atoms. The third-order valence-electron chi connectivity index (χ3n) is 11.9. The van der Waals surface area contributed by atoms with Crippen LogP contribution in [0, 0.1) is 22.7 Å². The van der Waals surface area contributed by atoms with Gasteiger partial charge >= 0.3 is 0 Å². The van der Waals surface area contributed by atoms with Gasteiger partial charge in [0.2, 0.25) is 0 Å². The summed E-state index contributed by atoms with van der Waals surface area (Å²) >= 11 is 0. The lowest BCUT2D eigenvalue weighted by molar-refractivity contribution is -0.410. The lowest BCUT2D eigenvalue weighted by Crippen LogP contribution is -2.70. The van der Waals surface area contributed by atoms with E-state index in [1.54, 1.807) is 0 Å². The highest BCUT2D eigenvalue weighted by atomic mass is 16.7. The number of ether oxygens (including phenoxy) is 3. The molecule has 5 aliphatic rings. The molecule has 2 aliphatic carbocycles. The number of aliphatic hydroxyl groups is 2. The number of aliphatic hydroxyl groups excluding tert-OH is 1. The molecule has 5 rings (SSSR count). The van der Waals surface area contributed by atoms with Gasteiger partial charge in [-0.3, -0.25) is 0 Å². The van der Waals surface area contributed by atoms with E-state index in [2.05, 4.69) is 33.8 Å². The SMILES string of the molecule is C[C@H]1CC[C@@H]2OC(C)(C)[C@@H](O)CC=C2[C@@]1(C)CC[C@]1(C)[C@@H](C)CC[C@@H]2OC(C)(C)[C@]3(O)CC[C@]21O3. The molecule has 0 aromatic heterocycles. The number of fused-ring (bicyclic) bond motifs is 2. The summed E-state index contributed by atoms with van der Waals surface area (Å²) in [6.07, 6.45) is 10.5. The van der Waals surface area contributed by atoms with Gasteiger partial charge in [0.05, 0.1) is 23.9 Å². The van der Waals surface area contributed by atoms with E-state index >= 15 is 0 Å². The Morgan fingerprint density at radius 2 is 1.57 bits per heavy atom. The van der Waals surface area contributed by atoms with Crippen LogP contribution in [-0.4, -0.2) is 51.1 Å². The Kier molecular flexibility index (Phi) is 6.00. The molecule has 2 saturated heterocycles. The van der Waals surface area contributed by atoms with Crippen molar-refractivity contribution in [3.8, 4) is 0 Å². The molecular formula is C30H50O5. The van der Waals surface area contributed by atoms with E-state index in [4.69, 9.17) is 14.2 Å². The third-order valence-corrected chi connectivity index (χ3v) is 11.9. The first-order valence-electron chi connectivity index (χ1n) is 14.3. The molecule has 5 nitrogen and oxygen atoms in total. The molecule has 4 fully saturated rings. The second-order valence-electron chi connectivity index (χ2n) is 14.3. The fourth-order valence-electron chi connectivity index (χ4n) is 8.50. The Morgan fingerprint density at radius 3 is 2.29 bits per heavy atom. The highest BCUT2D eigenvalue weighted by Crippen LogP contribution is 2.66. The molecular weight excluding hydrogens is 440 g/mol. The van der Waals surface area contributed by atoms with Crippen molar-refractivity contribution < 1.29 is 24.4 Å². The maximum atomic E-state index is 11.5. The van der Waals surface area contributed by atoms with Gasteiger partial charge in [0, 0.05) is 11.8 Å². The predicted octanol–water partition coefficient (Wildman–Crippen LogP) is 5.91. The van der Waals surface area contributed by atoms with E-state index in [-0.39, 0.29) is 23.0 Å². The molecule has 0 radical (unpaired) electrons. The van der Waals surface area contributed by atoms with E-state index in [1.165, 1.54) is 5.57 Å². The van der Waals surface area contributed by atoms with Crippen molar-refractivity contribution in [2.24, 2.45) is 22.7 Å². The fourth-order valence-corrected chi connectivity index (χ4v) is 8.50. The first kappa shape index (κ1) is 26.2. The Bertz CT molecular complexity index is 880. The average molecular weight is 491 g/mol. The minimum Gasteiger partial charge on any atom is -0.390 e. The van der Waals surface area contributed by atoms with Crippen LogP contribution in [0.5, 0.6) is 0 Å². The van der Waals surface area contributed by atoms with Crippen molar-refractivity contribution in [2.75, 3.05) is 0 Å². The molecule has 0 amide bonds. The van der Waals surface area contributed by atoms with E-state index in [9.17, 15) is 10.2 Å². The van der Waals surface area contributed by atoms with Crippen LogP contribution in [0.15, 0.2) is 11.6 Å². The van der Waals surface area contributed by atoms with Gasteiger partial charge in [-0.2, -0.15) is 0 Å². The molecule has 5 heteroatoms. The smallest absolute Gasteiger partial charge is 0.195 e. The number of rotatable bonds is 3. The van der Waals surface area contributed by atoms with E-state index in [1.807, 2.05) is 27.7 Å². The zero-order valence-electron chi connectivity index (χ0n) is 23.4. The summed E-state index contributed by atoms with van der Waals surface area (Å²) in [5.41, 5.74) is -0.334. The van der Waals surface area contributed by atoms with Gasteiger partial charge in [0.25, 0.3) is 0 Å². The number of hydrogen-bond donors (Lipinski definition) is 2. The summed E-state index contributed by atoms with van der Waals surface area (Å²) in [6, 6.07) is 0. The van der Waals surface area contributed by atoms with Gasteiger partial charge in [-0.05, 0) is 102 Å². The molecule has 9 atom stereocenters. The van der Waals surface area contributed by atoms with Gasteiger partial charge in [0.15, 0.2) is 5.79 Å². The Hall–Kier alpha value is -0.460. The number of hydrogen-bond acceptors (Lipinski definition) is 5. The van der Waals surface area contributed by atoms with Crippen LogP contribution >= 0.6 is 0 Å². The molecule has 0 unspecified atom stereocenters. The maximum absolute atomic E-state index is 11.5. The fraction of sp³-hybridized carbons (Fsp3) is 0.933. The predicted molar refractivity (Wildman–Crippen MR) is 137 cm³/mol. The molecule has 2 bridgehead atoms. The molecule has 0 aromatic carbocycles.